The highest BCUT2D eigenvalue weighted by Gasteiger charge is 2.22. The topological polar surface area (TPSA) is 87.7 Å². The van der Waals surface area contributed by atoms with E-state index in [0.717, 1.165) is 0 Å². The van der Waals surface area contributed by atoms with Crippen molar-refractivity contribution >= 4 is 17.7 Å². The van der Waals surface area contributed by atoms with Gasteiger partial charge in [-0.2, -0.15) is 0 Å². The number of hydrogen-bond acceptors (Lipinski definition) is 3. The molecule has 6 nitrogen and oxygen atoms in total. The fourth-order valence-electron chi connectivity index (χ4n) is 1.89. The van der Waals surface area contributed by atoms with E-state index >= 15 is 0 Å². The molecule has 0 bridgehead atoms. The largest absolute Gasteiger partial charge is 0.491 e. The van der Waals surface area contributed by atoms with Crippen molar-refractivity contribution < 1.29 is 23.8 Å². The first-order valence-electron chi connectivity index (χ1n) is 7.36. The molecule has 1 aromatic carbocycles. The summed E-state index contributed by atoms with van der Waals surface area (Å²) in [6.07, 6.45) is 0.119. The Morgan fingerprint density at radius 2 is 2.00 bits per heavy atom. The number of carbonyl (C=O) groups is 2. The van der Waals surface area contributed by atoms with E-state index in [1.165, 1.54) is 12.1 Å². The Morgan fingerprint density at radius 1 is 1.35 bits per heavy atom. The van der Waals surface area contributed by atoms with Gasteiger partial charge in [0.2, 0.25) is 0 Å². The van der Waals surface area contributed by atoms with Gasteiger partial charge in [0.05, 0.1) is 11.8 Å². The van der Waals surface area contributed by atoms with Crippen LogP contribution in [0.3, 0.4) is 0 Å². The molecule has 0 aromatic heterocycles. The van der Waals surface area contributed by atoms with Crippen LogP contribution >= 0.6 is 0 Å². The van der Waals surface area contributed by atoms with Gasteiger partial charge in [0.1, 0.15) is 11.6 Å². The molecule has 0 saturated heterocycles. The van der Waals surface area contributed by atoms with Crippen LogP contribution in [0.4, 0.5) is 14.9 Å². The number of ether oxygens (including phenoxy) is 1. The third kappa shape index (κ3) is 6.99. The Balaban J connectivity index is 2.65. The first kappa shape index (κ1) is 18.7. The number of halogens is 1. The predicted molar refractivity (Wildman–Crippen MR) is 85.3 cm³/mol. The zero-order chi connectivity index (χ0) is 17.6. The highest BCUT2D eigenvalue weighted by Crippen LogP contribution is 2.22. The highest BCUT2D eigenvalue weighted by molar-refractivity contribution is 5.90. The number of carboxylic acid groups (broad SMARTS) is 1. The van der Waals surface area contributed by atoms with Gasteiger partial charge < -0.3 is 20.5 Å². The molecule has 1 aromatic rings. The molecule has 128 valence electrons. The fraction of sp³-hybridized carbons (Fsp3) is 0.500. The number of urea groups is 1. The predicted octanol–water partition coefficient (Wildman–Crippen LogP) is 3.38. The lowest BCUT2D eigenvalue weighted by Crippen LogP contribution is -2.45. The summed E-state index contributed by atoms with van der Waals surface area (Å²) in [5.41, 5.74) is -0.702. The maximum atomic E-state index is 13.9. The third-order valence-corrected chi connectivity index (χ3v) is 2.98. The smallest absolute Gasteiger partial charge is 0.319 e. The first-order chi connectivity index (χ1) is 10.6. The molecule has 0 radical (unpaired) electrons. The van der Waals surface area contributed by atoms with E-state index in [4.69, 9.17) is 9.84 Å². The van der Waals surface area contributed by atoms with Crippen molar-refractivity contribution in [1.82, 2.24) is 5.32 Å². The number of carboxylic acids is 1. The summed E-state index contributed by atoms with van der Waals surface area (Å²) in [4.78, 5) is 22.5. The molecular formula is C16H23FN2O4. The molecule has 0 aliphatic heterocycles. The van der Waals surface area contributed by atoms with E-state index in [-0.39, 0.29) is 24.6 Å². The van der Waals surface area contributed by atoms with E-state index < -0.39 is 23.4 Å². The molecule has 7 heteroatoms. The summed E-state index contributed by atoms with van der Waals surface area (Å²) in [6, 6.07) is 3.58. The van der Waals surface area contributed by atoms with Gasteiger partial charge in [-0.05, 0) is 46.2 Å². The number of carbonyl (C=O) groups excluding carboxylic acids is 1. The molecule has 0 aliphatic carbocycles. The van der Waals surface area contributed by atoms with Crippen LogP contribution in [0.15, 0.2) is 18.2 Å². The lowest BCUT2D eigenvalue weighted by atomic mass is 9.99. The van der Waals surface area contributed by atoms with Crippen molar-refractivity contribution in [2.75, 3.05) is 5.32 Å². The highest BCUT2D eigenvalue weighted by atomic mass is 19.1. The van der Waals surface area contributed by atoms with Gasteiger partial charge in [-0.25, -0.2) is 9.18 Å². The van der Waals surface area contributed by atoms with Crippen molar-refractivity contribution in [2.24, 2.45) is 0 Å². The molecule has 0 spiro atoms. The van der Waals surface area contributed by atoms with Crippen LogP contribution in [0.1, 0.15) is 40.5 Å². The molecule has 0 aliphatic rings. The average Bonchev–Trinajstić information content (AvgIpc) is 2.38. The second-order valence-electron chi connectivity index (χ2n) is 6.17. The molecule has 0 heterocycles. The van der Waals surface area contributed by atoms with Gasteiger partial charge in [-0.3, -0.25) is 4.79 Å². The van der Waals surface area contributed by atoms with Crippen LogP contribution in [0.25, 0.3) is 0 Å². The van der Waals surface area contributed by atoms with Crippen LogP contribution in [0.5, 0.6) is 5.75 Å². The maximum absolute atomic E-state index is 13.9. The van der Waals surface area contributed by atoms with Crippen LogP contribution in [-0.4, -0.2) is 28.7 Å². The van der Waals surface area contributed by atoms with Gasteiger partial charge in [0.25, 0.3) is 0 Å². The standard InChI is InChI=1S/C16H23FN2O4/c1-10(2)23-11-5-6-13(12(17)9-11)18-15(22)19-16(3,4)8-7-14(20)21/h5-6,9-10H,7-8H2,1-4H3,(H,20,21)(H2,18,19,22). The number of anilines is 1. The Bertz CT molecular complexity index is 573. The zero-order valence-corrected chi connectivity index (χ0v) is 13.8. The van der Waals surface area contributed by atoms with Crippen LogP contribution in [-0.2, 0) is 4.79 Å². The number of rotatable bonds is 7. The van der Waals surface area contributed by atoms with Crippen molar-refractivity contribution in [1.29, 1.82) is 0 Å². The van der Waals surface area contributed by atoms with Crippen LogP contribution in [0, 0.1) is 5.82 Å². The summed E-state index contributed by atoms with van der Waals surface area (Å²) in [6.45, 7) is 7.06. The molecule has 1 rings (SSSR count). The molecule has 0 unspecified atom stereocenters. The lowest BCUT2D eigenvalue weighted by Gasteiger charge is -2.25. The van der Waals surface area contributed by atoms with Gasteiger partial charge >= 0.3 is 12.0 Å². The fourth-order valence-corrected chi connectivity index (χ4v) is 1.89. The molecule has 23 heavy (non-hydrogen) atoms. The summed E-state index contributed by atoms with van der Waals surface area (Å²) in [5.74, 6) is -1.17. The Kier molecular flexibility index (Phi) is 6.36. The van der Waals surface area contributed by atoms with Crippen LogP contribution in [0.2, 0.25) is 0 Å². The molecule has 2 amide bonds. The number of nitrogens with one attached hydrogen (secondary N) is 2. The van der Waals surface area contributed by atoms with Gasteiger partial charge in [0.15, 0.2) is 0 Å². The number of hydrogen-bond donors (Lipinski definition) is 3. The minimum Gasteiger partial charge on any atom is -0.491 e. The molecule has 0 fully saturated rings. The van der Waals surface area contributed by atoms with E-state index in [1.54, 1.807) is 19.9 Å². The van der Waals surface area contributed by atoms with Crippen molar-refractivity contribution in [2.45, 2.75) is 52.2 Å². The Hall–Kier alpha value is -2.31. The maximum Gasteiger partial charge on any atom is 0.319 e. The van der Waals surface area contributed by atoms with Crippen LogP contribution < -0.4 is 15.4 Å². The molecule has 0 atom stereocenters. The SMILES string of the molecule is CC(C)Oc1ccc(NC(=O)NC(C)(C)CCC(=O)O)c(F)c1. The average molecular weight is 326 g/mol. The monoisotopic (exact) mass is 326 g/mol. The molecular weight excluding hydrogens is 303 g/mol. The third-order valence-electron chi connectivity index (χ3n) is 2.98. The van der Waals surface area contributed by atoms with Crippen molar-refractivity contribution in [3.8, 4) is 5.75 Å². The molecule has 0 saturated carbocycles. The summed E-state index contributed by atoms with van der Waals surface area (Å²) in [7, 11) is 0. The number of amides is 2. The first-order valence-corrected chi connectivity index (χ1v) is 7.36. The van der Waals surface area contributed by atoms with Crippen molar-refractivity contribution in [3.05, 3.63) is 24.0 Å². The second kappa shape index (κ2) is 7.80. The van der Waals surface area contributed by atoms with Gasteiger partial charge in [0, 0.05) is 18.0 Å². The van der Waals surface area contributed by atoms with Gasteiger partial charge in [-0.15, -0.1) is 0 Å². The number of aliphatic carboxylic acids is 1. The van der Waals surface area contributed by atoms with Crippen molar-refractivity contribution in [3.63, 3.8) is 0 Å². The van der Waals surface area contributed by atoms with E-state index in [1.807, 2.05) is 13.8 Å². The molecule has 3 N–H and O–H groups in total. The van der Waals surface area contributed by atoms with E-state index in [0.29, 0.717) is 5.75 Å². The lowest BCUT2D eigenvalue weighted by molar-refractivity contribution is -0.137. The van der Waals surface area contributed by atoms with Gasteiger partial charge in [-0.1, -0.05) is 0 Å². The minimum atomic E-state index is -0.938. The number of benzene rings is 1. The quantitative estimate of drug-likeness (QED) is 0.717. The Morgan fingerprint density at radius 3 is 2.52 bits per heavy atom. The minimum absolute atomic E-state index is 0.0210. The zero-order valence-electron chi connectivity index (χ0n) is 13.8. The van der Waals surface area contributed by atoms with E-state index in [9.17, 15) is 14.0 Å². The summed E-state index contributed by atoms with van der Waals surface area (Å²) >= 11 is 0. The van der Waals surface area contributed by atoms with E-state index in [2.05, 4.69) is 10.6 Å². The summed E-state index contributed by atoms with van der Waals surface area (Å²) < 4.78 is 19.3. The Labute approximate surface area is 135 Å². The second-order valence-corrected chi connectivity index (χ2v) is 6.17. The normalized spacial score (nSPS) is 11.2. The summed E-state index contributed by atoms with van der Waals surface area (Å²) in [5, 5.41) is 13.7.